The van der Waals surface area contributed by atoms with Crippen LogP contribution in [-0.2, 0) is 7.05 Å². The standard InChI is InChI=1S/C18H16BrN3O2/c1-22-15-6-4-3-5-13(15)10-16(22)18(23)21-20-11-12-7-8-17(24-2)14(19)9-12/h3-11H,1-2H3,(H,21,23)/b20-11+. The lowest BCUT2D eigenvalue weighted by molar-refractivity contribution is 0.0947. The SMILES string of the molecule is COc1ccc(/C=N/NC(=O)c2cc3ccccc3n2C)cc1Br. The molecule has 0 saturated carbocycles. The van der Waals surface area contributed by atoms with E-state index in [1.807, 2.05) is 60.1 Å². The van der Waals surface area contributed by atoms with E-state index in [0.717, 1.165) is 26.7 Å². The number of hydrogen-bond acceptors (Lipinski definition) is 3. The second-order valence-corrected chi connectivity index (χ2v) is 6.09. The Balaban J connectivity index is 1.75. The number of aryl methyl sites for hydroxylation is 1. The Labute approximate surface area is 148 Å². The van der Waals surface area contributed by atoms with Crippen LogP contribution in [-0.4, -0.2) is 23.8 Å². The fourth-order valence-electron chi connectivity index (χ4n) is 2.49. The summed E-state index contributed by atoms with van der Waals surface area (Å²) in [5.74, 6) is 0.490. The monoisotopic (exact) mass is 385 g/mol. The minimum atomic E-state index is -0.252. The van der Waals surface area contributed by atoms with Crippen LogP contribution in [0.2, 0.25) is 0 Å². The number of para-hydroxylation sites is 1. The molecule has 1 amide bonds. The van der Waals surface area contributed by atoms with Crippen molar-refractivity contribution in [1.82, 2.24) is 9.99 Å². The van der Waals surface area contributed by atoms with Gasteiger partial charge in [-0.3, -0.25) is 4.79 Å². The number of amides is 1. The third kappa shape index (κ3) is 3.19. The van der Waals surface area contributed by atoms with Crippen LogP contribution in [0.4, 0.5) is 0 Å². The number of rotatable bonds is 4. The number of nitrogens with one attached hydrogen (secondary N) is 1. The van der Waals surface area contributed by atoms with Crippen molar-refractivity contribution in [2.45, 2.75) is 0 Å². The topological polar surface area (TPSA) is 55.6 Å². The Morgan fingerprint density at radius 1 is 1.25 bits per heavy atom. The molecule has 0 aliphatic heterocycles. The first kappa shape index (κ1) is 16.3. The Hall–Kier alpha value is -2.60. The molecule has 1 heterocycles. The van der Waals surface area contributed by atoms with Crippen LogP contribution < -0.4 is 10.2 Å². The summed E-state index contributed by atoms with van der Waals surface area (Å²) in [6, 6.07) is 15.3. The van der Waals surface area contributed by atoms with Gasteiger partial charge in [0.15, 0.2) is 0 Å². The normalized spacial score (nSPS) is 11.1. The molecule has 0 radical (unpaired) electrons. The molecule has 3 rings (SSSR count). The van der Waals surface area contributed by atoms with Crippen LogP contribution in [0.15, 0.2) is 58.1 Å². The predicted octanol–water partition coefficient (Wildman–Crippen LogP) is 3.71. The van der Waals surface area contributed by atoms with Crippen LogP contribution in [0.1, 0.15) is 16.1 Å². The quantitative estimate of drug-likeness (QED) is 0.549. The summed E-state index contributed by atoms with van der Waals surface area (Å²) in [6.07, 6.45) is 1.59. The van der Waals surface area contributed by atoms with Crippen LogP contribution in [0.3, 0.4) is 0 Å². The molecule has 0 aliphatic rings. The molecular weight excluding hydrogens is 370 g/mol. The van der Waals surface area contributed by atoms with Crippen LogP contribution in [0, 0.1) is 0 Å². The van der Waals surface area contributed by atoms with E-state index >= 15 is 0 Å². The highest BCUT2D eigenvalue weighted by Gasteiger charge is 2.12. The highest BCUT2D eigenvalue weighted by atomic mass is 79.9. The van der Waals surface area contributed by atoms with Crippen molar-refractivity contribution in [3.63, 3.8) is 0 Å². The third-order valence-corrected chi connectivity index (χ3v) is 4.36. The predicted molar refractivity (Wildman–Crippen MR) is 98.7 cm³/mol. The van der Waals surface area contributed by atoms with E-state index in [0.29, 0.717) is 5.69 Å². The van der Waals surface area contributed by atoms with Gasteiger partial charge in [0, 0.05) is 18.0 Å². The van der Waals surface area contributed by atoms with E-state index in [2.05, 4.69) is 26.5 Å². The summed E-state index contributed by atoms with van der Waals surface area (Å²) >= 11 is 3.42. The lowest BCUT2D eigenvalue weighted by Crippen LogP contribution is -2.20. The first-order chi connectivity index (χ1) is 11.6. The van der Waals surface area contributed by atoms with Gasteiger partial charge < -0.3 is 9.30 Å². The van der Waals surface area contributed by atoms with Crippen LogP contribution in [0.5, 0.6) is 5.75 Å². The molecule has 2 aromatic carbocycles. The van der Waals surface area contributed by atoms with E-state index < -0.39 is 0 Å². The molecule has 0 aliphatic carbocycles. The van der Waals surface area contributed by atoms with E-state index in [4.69, 9.17) is 4.74 Å². The molecule has 0 unspecified atom stereocenters. The van der Waals surface area contributed by atoms with Crippen molar-refractivity contribution in [2.24, 2.45) is 12.1 Å². The number of ether oxygens (including phenoxy) is 1. The summed E-state index contributed by atoms with van der Waals surface area (Å²) in [5.41, 5.74) is 4.97. The van der Waals surface area contributed by atoms with Gasteiger partial charge in [0.05, 0.1) is 17.8 Å². The van der Waals surface area contributed by atoms with Crippen LogP contribution in [0.25, 0.3) is 10.9 Å². The average molecular weight is 386 g/mol. The first-order valence-corrected chi connectivity index (χ1v) is 8.11. The fourth-order valence-corrected chi connectivity index (χ4v) is 3.05. The number of aromatic nitrogens is 1. The van der Waals surface area contributed by atoms with Crippen LogP contribution >= 0.6 is 15.9 Å². The van der Waals surface area contributed by atoms with Crippen molar-refractivity contribution in [1.29, 1.82) is 0 Å². The maximum atomic E-state index is 12.3. The van der Waals surface area contributed by atoms with E-state index in [-0.39, 0.29) is 5.91 Å². The van der Waals surface area contributed by atoms with Gasteiger partial charge in [0.1, 0.15) is 11.4 Å². The van der Waals surface area contributed by atoms with Gasteiger partial charge in [-0.25, -0.2) is 5.43 Å². The number of nitrogens with zero attached hydrogens (tertiary/aromatic N) is 2. The Morgan fingerprint density at radius 3 is 2.75 bits per heavy atom. The number of fused-ring (bicyclic) bond motifs is 1. The van der Waals surface area contributed by atoms with Gasteiger partial charge in [0.2, 0.25) is 0 Å². The molecule has 0 bridgehead atoms. The molecule has 6 heteroatoms. The second-order valence-electron chi connectivity index (χ2n) is 5.24. The highest BCUT2D eigenvalue weighted by molar-refractivity contribution is 9.10. The molecule has 3 aromatic rings. The van der Waals surface area contributed by atoms with Gasteiger partial charge >= 0.3 is 0 Å². The zero-order valence-electron chi connectivity index (χ0n) is 13.3. The minimum Gasteiger partial charge on any atom is -0.496 e. The number of benzene rings is 2. The summed E-state index contributed by atoms with van der Waals surface area (Å²) in [6.45, 7) is 0. The molecule has 0 saturated heterocycles. The molecule has 1 N–H and O–H groups in total. The smallest absolute Gasteiger partial charge is 0.287 e. The first-order valence-electron chi connectivity index (χ1n) is 7.31. The number of methoxy groups -OCH3 is 1. The third-order valence-electron chi connectivity index (χ3n) is 3.74. The largest absolute Gasteiger partial charge is 0.496 e. The molecule has 0 fully saturated rings. The van der Waals surface area contributed by atoms with Gasteiger partial charge in [-0.1, -0.05) is 18.2 Å². The maximum Gasteiger partial charge on any atom is 0.287 e. The van der Waals surface area contributed by atoms with Crippen molar-refractivity contribution in [3.05, 3.63) is 64.3 Å². The Kier molecular flexibility index (Phi) is 4.66. The molecule has 0 spiro atoms. The lowest BCUT2D eigenvalue weighted by atomic mass is 10.2. The molecule has 0 atom stereocenters. The molecule has 5 nitrogen and oxygen atoms in total. The van der Waals surface area contributed by atoms with E-state index in [1.165, 1.54) is 0 Å². The minimum absolute atomic E-state index is 0.252. The Morgan fingerprint density at radius 2 is 2.04 bits per heavy atom. The van der Waals surface area contributed by atoms with Crippen molar-refractivity contribution < 1.29 is 9.53 Å². The summed E-state index contributed by atoms with van der Waals surface area (Å²) in [7, 11) is 3.47. The fraction of sp³-hybridized carbons (Fsp3) is 0.111. The summed E-state index contributed by atoms with van der Waals surface area (Å²) in [5, 5.41) is 5.05. The summed E-state index contributed by atoms with van der Waals surface area (Å²) < 4.78 is 7.86. The zero-order chi connectivity index (χ0) is 17.1. The second kappa shape index (κ2) is 6.88. The van der Waals surface area contributed by atoms with E-state index in [1.54, 1.807) is 13.3 Å². The van der Waals surface area contributed by atoms with Crippen molar-refractivity contribution in [2.75, 3.05) is 7.11 Å². The Bertz CT molecular complexity index is 931. The van der Waals surface area contributed by atoms with Gasteiger partial charge in [-0.05, 0) is 51.8 Å². The maximum absolute atomic E-state index is 12.3. The number of hydrogen-bond donors (Lipinski definition) is 1. The number of hydrazone groups is 1. The van der Waals surface area contributed by atoms with Gasteiger partial charge in [-0.2, -0.15) is 5.10 Å². The number of carbonyl (C=O) groups is 1. The van der Waals surface area contributed by atoms with Crippen molar-refractivity contribution in [3.8, 4) is 5.75 Å². The molecule has 122 valence electrons. The molecule has 1 aromatic heterocycles. The number of carbonyl (C=O) groups excluding carboxylic acids is 1. The van der Waals surface area contributed by atoms with Gasteiger partial charge in [-0.15, -0.1) is 0 Å². The van der Waals surface area contributed by atoms with E-state index in [9.17, 15) is 4.79 Å². The lowest BCUT2D eigenvalue weighted by Gasteiger charge is -2.04. The highest BCUT2D eigenvalue weighted by Crippen LogP contribution is 2.24. The summed E-state index contributed by atoms with van der Waals surface area (Å²) in [4.78, 5) is 12.3. The number of halogens is 1. The zero-order valence-corrected chi connectivity index (χ0v) is 14.9. The van der Waals surface area contributed by atoms with Crippen molar-refractivity contribution >= 4 is 39.0 Å². The average Bonchev–Trinajstić information content (AvgIpc) is 2.92. The molecule has 24 heavy (non-hydrogen) atoms. The van der Waals surface area contributed by atoms with Gasteiger partial charge in [0.25, 0.3) is 5.91 Å². The molecular formula is C18H16BrN3O2.